The summed E-state index contributed by atoms with van der Waals surface area (Å²) < 4.78 is 20.6. The van der Waals surface area contributed by atoms with E-state index in [0.717, 1.165) is 16.3 Å². The van der Waals surface area contributed by atoms with Gasteiger partial charge in [-0.25, -0.2) is 9.37 Å². The number of benzene rings is 1. The van der Waals surface area contributed by atoms with Gasteiger partial charge in [-0.05, 0) is 30.7 Å². The van der Waals surface area contributed by atoms with E-state index in [4.69, 9.17) is 4.74 Å². The van der Waals surface area contributed by atoms with Gasteiger partial charge < -0.3 is 14.2 Å². The summed E-state index contributed by atoms with van der Waals surface area (Å²) in [6, 6.07) is 6.54. The van der Waals surface area contributed by atoms with E-state index in [2.05, 4.69) is 4.98 Å². The molecule has 7 heteroatoms. The predicted octanol–water partition coefficient (Wildman–Crippen LogP) is 3.88. The summed E-state index contributed by atoms with van der Waals surface area (Å²) >= 11 is 1.57. The normalized spacial score (nSPS) is 10.8. The first-order valence-electron chi connectivity index (χ1n) is 8.05. The van der Waals surface area contributed by atoms with E-state index in [1.807, 2.05) is 31.6 Å². The third-order valence-corrected chi connectivity index (χ3v) is 4.89. The quantitative estimate of drug-likeness (QED) is 0.682. The topological polar surface area (TPSA) is 47.4 Å². The summed E-state index contributed by atoms with van der Waals surface area (Å²) in [6.07, 6.45) is 1.89. The van der Waals surface area contributed by atoms with Crippen molar-refractivity contribution in [3.05, 3.63) is 57.9 Å². The summed E-state index contributed by atoms with van der Waals surface area (Å²) in [4.78, 5) is 18.8. The highest BCUT2D eigenvalue weighted by Gasteiger charge is 2.18. The second kappa shape index (κ2) is 7.29. The minimum atomic E-state index is -0.439. The minimum Gasteiger partial charge on any atom is -0.494 e. The van der Waals surface area contributed by atoms with Crippen LogP contribution in [0.25, 0.3) is 11.3 Å². The number of halogens is 1. The van der Waals surface area contributed by atoms with Crippen LogP contribution in [0.3, 0.4) is 0 Å². The Balaban J connectivity index is 1.78. The maximum atomic E-state index is 13.8. The van der Waals surface area contributed by atoms with Gasteiger partial charge in [-0.15, -0.1) is 11.3 Å². The Morgan fingerprint density at radius 2 is 2.15 bits per heavy atom. The summed E-state index contributed by atoms with van der Waals surface area (Å²) in [5, 5.41) is 2.96. The molecular weight excluding hydrogens is 353 g/mol. The van der Waals surface area contributed by atoms with E-state index in [1.165, 1.54) is 13.2 Å². The van der Waals surface area contributed by atoms with Crippen LogP contribution in [0, 0.1) is 12.7 Å². The number of carbonyl (C=O) groups is 1. The van der Waals surface area contributed by atoms with Crippen molar-refractivity contribution in [2.24, 2.45) is 7.05 Å². The first kappa shape index (κ1) is 18.1. The van der Waals surface area contributed by atoms with Crippen molar-refractivity contribution in [2.75, 3.05) is 14.2 Å². The maximum Gasteiger partial charge on any atom is 0.270 e. The molecule has 0 radical (unpaired) electrons. The number of methoxy groups -OCH3 is 1. The maximum absolute atomic E-state index is 13.8. The Morgan fingerprint density at radius 3 is 2.77 bits per heavy atom. The Kier molecular flexibility index (Phi) is 5.08. The smallest absolute Gasteiger partial charge is 0.270 e. The summed E-state index contributed by atoms with van der Waals surface area (Å²) in [5.41, 5.74) is 3.02. The first-order valence-corrected chi connectivity index (χ1v) is 8.93. The number of ether oxygens (including phenoxy) is 1. The molecule has 3 aromatic rings. The van der Waals surface area contributed by atoms with Gasteiger partial charge in [-0.3, -0.25) is 4.79 Å². The number of nitrogens with zero attached hydrogens (tertiary/aromatic N) is 3. The number of amides is 1. The molecule has 0 bridgehead atoms. The molecule has 0 aliphatic carbocycles. The zero-order valence-corrected chi connectivity index (χ0v) is 15.9. The van der Waals surface area contributed by atoms with Crippen molar-refractivity contribution < 1.29 is 13.9 Å². The molecule has 2 aromatic heterocycles. The predicted molar refractivity (Wildman–Crippen MR) is 100 cm³/mol. The van der Waals surface area contributed by atoms with Gasteiger partial charge in [0.25, 0.3) is 5.91 Å². The molecule has 0 aliphatic heterocycles. The van der Waals surface area contributed by atoms with Gasteiger partial charge in [-0.1, -0.05) is 6.07 Å². The minimum absolute atomic E-state index is 0.137. The third-order valence-electron chi connectivity index (χ3n) is 4.12. The zero-order valence-electron chi connectivity index (χ0n) is 15.1. The second-order valence-electron chi connectivity index (χ2n) is 6.11. The van der Waals surface area contributed by atoms with Crippen LogP contribution in [-0.4, -0.2) is 34.5 Å². The molecule has 1 aromatic carbocycles. The zero-order chi connectivity index (χ0) is 18.8. The molecule has 5 nitrogen and oxygen atoms in total. The average Bonchev–Trinajstić information content (AvgIpc) is 3.20. The number of carbonyl (C=O) groups excluding carboxylic acids is 1. The monoisotopic (exact) mass is 373 g/mol. The molecule has 136 valence electrons. The van der Waals surface area contributed by atoms with Gasteiger partial charge in [0.15, 0.2) is 11.6 Å². The molecule has 26 heavy (non-hydrogen) atoms. The highest BCUT2D eigenvalue weighted by atomic mass is 32.1. The van der Waals surface area contributed by atoms with Gasteiger partial charge in [0.2, 0.25) is 0 Å². The van der Waals surface area contributed by atoms with Gasteiger partial charge >= 0.3 is 0 Å². The van der Waals surface area contributed by atoms with Crippen molar-refractivity contribution in [3.63, 3.8) is 0 Å². The molecule has 3 rings (SSSR count). The number of hydrogen-bond donors (Lipinski definition) is 0. The Labute approximate surface area is 155 Å². The molecule has 1 amide bonds. The van der Waals surface area contributed by atoms with Crippen LogP contribution in [0.4, 0.5) is 4.39 Å². The standard InChI is InChI=1S/C19H20FN3O2S/c1-12-21-16(11-26-12)14-8-17(22(2)10-14)19(24)23(3)9-13-5-6-18(25-4)15(20)7-13/h5-8,10-11H,9H2,1-4H3. The highest BCUT2D eigenvalue weighted by molar-refractivity contribution is 7.09. The fourth-order valence-electron chi connectivity index (χ4n) is 2.76. The molecule has 0 fully saturated rings. The molecule has 0 atom stereocenters. The van der Waals surface area contributed by atoms with E-state index in [1.54, 1.807) is 40.0 Å². The molecule has 0 saturated carbocycles. The SMILES string of the molecule is COc1ccc(CN(C)C(=O)c2cc(-c3csc(C)n3)cn2C)cc1F. The van der Waals surface area contributed by atoms with E-state index >= 15 is 0 Å². The summed E-state index contributed by atoms with van der Waals surface area (Å²) in [7, 11) is 4.95. The van der Waals surface area contributed by atoms with Gasteiger partial charge in [0.1, 0.15) is 5.69 Å². The lowest BCUT2D eigenvalue weighted by Gasteiger charge is -2.18. The average molecular weight is 373 g/mol. The number of rotatable bonds is 5. The largest absolute Gasteiger partial charge is 0.494 e. The lowest BCUT2D eigenvalue weighted by Crippen LogP contribution is -2.27. The third kappa shape index (κ3) is 3.62. The van der Waals surface area contributed by atoms with Gasteiger partial charge in [0.05, 0.1) is 17.8 Å². The Morgan fingerprint density at radius 1 is 1.38 bits per heavy atom. The molecule has 2 heterocycles. The van der Waals surface area contributed by atoms with Crippen molar-refractivity contribution >= 4 is 17.2 Å². The fraction of sp³-hybridized carbons (Fsp3) is 0.263. The lowest BCUT2D eigenvalue weighted by atomic mass is 10.2. The number of thiazole rings is 1. The first-order chi connectivity index (χ1) is 12.4. The van der Waals surface area contributed by atoms with Crippen LogP contribution in [0.1, 0.15) is 21.1 Å². The van der Waals surface area contributed by atoms with E-state index in [0.29, 0.717) is 17.8 Å². The van der Waals surface area contributed by atoms with E-state index in [-0.39, 0.29) is 11.7 Å². The van der Waals surface area contributed by atoms with Crippen LogP contribution >= 0.6 is 11.3 Å². The molecular formula is C19H20FN3O2S. The van der Waals surface area contributed by atoms with Crippen molar-refractivity contribution in [3.8, 4) is 17.0 Å². The molecule has 0 saturated heterocycles. The van der Waals surface area contributed by atoms with Crippen LogP contribution in [0.2, 0.25) is 0 Å². The van der Waals surface area contributed by atoms with Crippen LogP contribution in [-0.2, 0) is 13.6 Å². The van der Waals surface area contributed by atoms with Crippen LogP contribution < -0.4 is 4.74 Å². The molecule has 0 unspecified atom stereocenters. The molecule has 0 aliphatic rings. The highest BCUT2D eigenvalue weighted by Crippen LogP contribution is 2.24. The number of hydrogen-bond acceptors (Lipinski definition) is 4. The summed E-state index contributed by atoms with van der Waals surface area (Å²) in [5.74, 6) is -0.388. The van der Waals surface area contributed by atoms with Crippen molar-refractivity contribution in [1.29, 1.82) is 0 Å². The Hall–Kier alpha value is -2.67. The number of aryl methyl sites for hydroxylation is 2. The lowest BCUT2D eigenvalue weighted by molar-refractivity contribution is 0.0775. The summed E-state index contributed by atoms with van der Waals surface area (Å²) in [6.45, 7) is 2.25. The van der Waals surface area contributed by atoms with Crippen molar-refractivity contribution in [2.45, 2.75) is 13.5 Å². The fourth-order valence-corrected chi connectivity index (χ4v) is 3.38. The van der Waals surface area contributed by atoms with Crippen LogP contribution in [0.15, 0.2) is 35.8 Å². The van der Waals surface area contributed by atoms with Gasteiger partial charge in [-0.2, -0.15) is 0 Å². The van der Waals surface area contributed by atoms with E-state index < -0.39 is 5.82 Å². The van der Waals surface area contributed by atoms with Crippen LogP contribution in [0.5, 0.6) is 5.75 Å². The van der Waals surface area contributed by atoms with E-state index in [9.17, 15) is 9.18 Å². The Bertz CT molecular complexity index is 948. The second-order valence-corrected chi connectivity index (χ2v) is 7.17. The van der Waals surface area contributed by atoms with Gasteiger partial charge in [0, 0.05) is 37.8 Å². The number of aromatic nitrogens is 2. The molecule has 0 spiro atoms. The molecule has 0 N–H and O–H groups in total. The van der Waals surface area contributed by atoms with Crippen molar-refractivity contribution in [1.82, 2.24) is 14.5 Å².